The molecule has 2 saturated heterocycles. The lowest BCUT2D eigenvalue weighted by Crippen LogP contribution is -2.53. The third-order valence-electron chi connectivity index (χ3n) is 5.58. The highest BCUT2D eigenvalue weighted by molar-refractivity contribution is 5.88. The molecular formula is C18H30N4O4. The Bertz CT molecular complexity index is 545. The zero-order chi connectivity index (χ0) is 18.7. The van der Waals surface area contributed by atoms with Gasteiger partial charge in [0, 0.05) is 59.2 Å². The second-order valence-electron chi connectivity index (χ2n) is 7.45. The molecule has 0 aromatic rings. The van der Waals surface area contributed by atoms with Crippen molar-refractivity contribution in [1.29, 1.82) is 0 Å². The molecule has 3 rings (SSSR count). The number of nitrogens with zero attached hydrogens (tertiary/aromatic N) is 3. The summed E-state index contributed by atoms with van der Waals surface area (Å²) in [6.07, 6.45) is 2.40. The average molecular weight is 366 g/mol. The van der Waals surface area contributed by atoms with Crippen LogP contribution in [0.25, 0.3) is 0 Å². The molecule has 0 bridgehead atoms. The van der Waals surface area contributed by atoms with Gasteiger partial charge in [-0.05, 0) is 19.3 Å². The lowest BCUT2D eigenvalue weighted by atomic mass is 10.1. The Morgan fingerprint density at radius 3 is 2.46 bits per heavy atom. The molecule has 3 aliphatic rings. The smallest absolute Gasteiger partial charge is 0.245 e. The summed E-state index contributed by atoms with van der Waals surface area (Å²) in [6.45, 7) is 5.80. The number of hydrogen-bond donors (Lipinski definition) is 1. The Balaban J connectivity index is 1.72. The van der Waals surface area contributed by atoms with E-state index < -0.39 is 6.04 Å². The van der Waals surface area contributed by atoms with Crippen molar-refractivity contribution >= 4 is 17.7 Å². The number of nitrogens with one attached hydrogen (secondary N) is 1. The van der Waals surface area contributed by atoms with Gasteiger partial charge in [0.25, 0.3) is 0 Å². The molecule has 8 nitrogen and oxygen atoms in total. The number of methoxy groups -OCH3 is 1. The fraction of sp³-hybridized carbons (Fsp3) is 0.833. The van der Waals surface area contributed by atoms with Crippen molar-refractivity contribution in [1.82, 2.24) is 20.0 Å². The maximum absolute atomic E-state index is 13.0. The SMILES string of the molecule is COCCN(C(=O)C1CC1)C1CC(C(=O)N2CCNCC2)N(C(C)=O)C1. The van der Waals surface area contributed by atoms with Gasteiger partial charge in [-0.2, -0.15) is 0 Å². The number of piperazine rings is 1. The van der Waals surface area contributed by atoms with E-state index in [0.29, 0.717) is 39.2 Å². The number of carbonyl (C=O) groups is 3. The molecule has 2 heterocycles. The summed E-state index contributed by atoms with van der Waals surface area (Å²) in [5.74, 6) is 0.160. The van der Waals surface area contributed by atoms with E-state index in [2.05, 4.69) is 5.32 Å². The van der Waals surface area contributed by atoms with Crippen LogP contribution in [0, 0.1) is 5.92 Å². The monoisotopic (exact) mass is 366 g/mol. The van der Waals surface area contributed by atoms with Crippen LogP contribution in [0.1, 0.15) is 26.2 Å². The van der Waals surface area contributed by atoms with Gasteiger partial charge in [-0.25, -0.2) is 0 Å². The van der Waals surface area contributed by atoms with Crippen molar-refractivity contribution in [2.45, 2.75) is 38.3 Å². The number of rotatable bonds is 6. The summed E-state index contributed by atoms with van der Waals surface area (Å²) in [5.41, 5.74) is 0. The van der Waals surface area contributed by atoms with E-state index in [1.807, 2.05) is 9.80 Å². The molecular weight excluding hydrogens is 336 g/mol. The lowest BCUT2D eigenvalue weighted by molar-refractivity contribution is -0.143. The molecule has 146 valence electrons. The molecule has 2 unspecified atom stereocenters. The first-order chi connectivity index (χ1) is 12.5. The van der Waals surface area contributed by atoms with Crippen molar-refractivity contribution in [3.8, 4) is 0 Å². The van der Waals surface area contributed by atoms with Crippen LogP contribution in [0.5, 0.6) is 0 Å². The van der Waals surface area contributed by atoms with Crippen molar-refractivity contribution in [2.75, 3.05) is 53.0 Å². The molecule has 0 aromatic heterocycles. The molecule has 0 aromatic carbocycles. The first kappa shape index (κ1) is 19.1. The van der Waals surface area contributed by atoms with E-state index in [-0.39, 0.29) is 29.7 Å². The van der Waals surface area contributed by atoms with Gasteiger partial charge in [-0.15, -0.1) is 0 Å². The first-order valence-corrected chi connectivity index (χ1v) is 9.59. The predicted octanol–water partition coefficient (Wildman–Crippen LogP) is -0.707. The van der Waals surface area contributed by atoms with E-state index in [9.17, 15) is 14.4 Å². The van der Waals surface area contributed by atoms with Gasteiger partial charge in [-0.1, -0.05) is 0 Å². The normalized spacial score (nSPS) is 26.1. The zero-order valence-electron chi connectivity index (χ0n) is 15.8. The van der Waals surface area contributed by atoms with Gasteiger partial charge in [0.1, 0.15) is 6.04 Å². The highest BCUT2D eigenvalue weighted by Gasteiger charge is 2.45. The first-order valence-electron chi connectivity index (χ1n) is 9.59. The number of carbonyl (C=O) groups excluding carboxylic acids is 3. The third-order valence-corrected chi connectivity index (χ3v) is 5.58. The highest BCUT2D eigenvalue weighted by Crippen LogP contribution is 2.33. The van der Waals surface area contributed by atoms with E-state index in [0.717, 1.165) is 25.9 Å². The molecule has 1 saturated carbocycles. The minimum atomic E-state index is -0.465. The van der Waals surface area contributed by atoms with Crippen LogP contribution in [0.15, 0.2) is 0 Å². The summed E-state index contributed by atoms with van der Waals surface area (Å²) in [5, 5.41) is 3.24. The summed E-state index contributed by atoms with van der Waals surface area (Å²) in [4.78, 5) is 43.2. The molecule has 0 radical (unpaired) electrons. The molecule has 3 amide bonds. The number of ether oxygens (including phenoxy) is 1. The molecule has 3 fully saturated rings. The Morgan fingerprint density at radius 1 is 1.19 bits per heavy atom. The third kappa shape index (κ3) is 4.17. The van der Waals surface area contributed by atoms with Crippen LogP contribution < -0.4 is 5.32 Å². The van der Waals surface area contributed by atoms with Gasteiger partial charge in [-0.3, -0.25) is 14.4 Å². The van der Waals surface area contributed by atoms with Gasteiger partial charge >= 0.3 is 0 Å². The molecule has 2 aliphatic heterocycles. The van der Waals surface area contributed by atoms with Crippen LogP contribution in [0.2, 0.25) is 0 Å². The second-order valence-corrected chi connectivity index (χ2v) is 7.45. The standard InChI is InChI=1S/C18H30N4O4/c1-13(23)22-12-15(21(9-10-26-2)17(24)14-3-4-14)11-16(22)18(25)20-7-5-19-6-8-20/h14-16,19H,3-12H2,1-2H3. The summed E-state index contributed by atoms with van der Waals surface area (Å²) in [7, 11) is 1.62. The Kier molecular flexibility index (Phi) is 6.13. The highest BCUT2D eigenvalue weighted by atomic mass is 16.5. The second kappa shape index (κ2) is 8.35. The van der Waals surface area contributed by atoms with Crippen molar-refractivity contribution in [2.24, 2.45) is 5.92 Å². The average Bonchev–Trinajstić information content (AvgIpc) is 3.41. The Morgan fingerprint density at radius 2 is 1.88 bits per heavy atom. The summed E-state index contributed by atoms with van der Waals surface area (Å²) >= 11 is 0. The van der Waals surface area contributed by atoms with E-state index in [4.69, 9.17) is 4.74 Å². The van der Waals surface area contributed by atoms with Crippen molar-refractivity contribution in [3.63, 3.8) is 0 Å². The van der Waals surface area contributed by atoms with E-state index in [1.165, 1.54) is 6.92 Å². The number of hydrogen-bond acceptors (Lipinski definition) is 5. The minimum Gasteiger partial charge on any atom is -0.383 e. The number of amides is 3. The Labute approximate surface area is 154 Å². The topological polar surface area (TPSA) is 82.2 Å². The summed E-state index contributed by atoms with van der Waals surface area (Å²) < 4.78 is 5.17. The molecule has 8 heteroatoms. The van der Waals surface area contributed by atoms with Crippen LogP contribution in [0.3, 0.4) is 0 Å². The van der Waals surface area contributed by atoms with Gasteiger partial charge < -0.3 is 24.8 Å². The van der Waals surface area contributed by atoms with Crippen LogP contribution in [-0.4, -0.2) is 97.5 Å². The van der Waals surface area contributed by atoms with Gasteiger partial charge in [0.2, 0.25) is 17.7 Å². The molecule has 0 spiro atoms. The van der Waals surface area contributed by atoms with Crippen molar-refractivity contribution in [3.05, 3.63) is 0 Å². The molecule has 1 N–H and O–H groups in total. The quantitative estimate of drug-likeness (QED) is 0.672. The van der Waals surface area contributed by atoms with Gasteiger partial charge in [0.05, 0.1) is 12.6 Å². The largest absolute Gasteiger partial charge is 0.383 e. The predicted molar refractivity (Wildman–Crippen MR) is 95.3 cm³/mol. The van der Waals surface area contributed by atoms with Crippen LogP contribution in [0.4, 0.5) is 0 Å². The molecule has 1 aliphatic carbocycles. The Hall–Kier alpha value is -1.67. The fourth-order valence-corrected chi connectivity index (χ4v) is 3.94. The maximum Gasteiger partial charge on any atom is 0.245 e. The van der Waals surface area contributed by atoms with Crippen molar-refractivity contribution < 1.29 is 19.1 Å². The fourth-order valence-electron chi connectivity index (χ4n) is 3.94. The zero-order valence-corrected chi connectivity index (χ0v) is 15.8. The number of likely N-dealkylation sites (tertiary alicyclic amines) is 1. The van der Waals surface area contributed by atoms with E-state index >= 15 is 0 Å². The van der Waals surface area contributed by atoms with Crippen LogP contribution in [-0.2, 0) is 19.1 Å². The van der Waals surface area contributed by atoms with Crippen LogP contribution >= 0.6 is 0 Å². The maximum atomic E-state index is 13.0. The van der Waals surface area contributed by atoms with E-state index in [1.54, 1.807) is 12.0 Å². The van der Waals surface area contributed by atoms with Gasteiger partial charge in [0.15, 0.2) is 0 Å². The molecule has 26 heavy (non-hydrogen) atoms. The lowest BCUT2D eigenvalue weighted by Gasteiger charge is -2.32. The minimum absolute atomic E-state index is 0.00904. The summed E-state index contributed by atoms with van der Waals surface area (Å²) in [6, 6.07) is -0.577. The molecule has 2 atom stereocenters.